The minimum atomic E-state index is -0.462. The number of ketones is 1. The van der Waals surface area contributed by atoms with E-state index in [2.05, 4.69) is 10.3 Å². The molecule has 3 aromatic rings. The Bertz CT molecular complexity index is 1270. The van der Waals surface area contributed by atoms with Gasteiger partial charge in [-0.15, -0.1) is 0 Å². The second-order valence-electron chi connectivity index (χ2n) is 7.20. The SMILES string of the molecule is CN1C(=O)C(=Cc2ccc(Cl)c(Cl)c2)C(=O)c2cc(C(=O)NCc3cccnc3)ccc21. The van der Waals surface area contributed by atoms with Crippen molar-refractivity contribution in [3.05, 3.63) is 98.8 Å². The Morgan fingerprint density at radius 2 is 1.91 bits per heavy atom. The standard InChI is InChI=1S/C24H17Cl2N3O3/c1-29-21-7-5-16(23(31)28-13-15-3-2-8-27-12-15)11-17(21)22(30)18(24(29)32)9-14-4-6-19(25)20(26)10-14/h2-12H,13H2,1H3,(H,28,31). The third kappa shape index (κ3) is 4.28. The first kappa shape index (κ1) is 21.7. The van der Waals surface area contributed by atoms with Gasteiger partial charge in [-0.1, -0.05) is 35.3 Å². The molecule has 0 saturated heterocycles. The molecule has 0 fully saturated rings. The van der Waals surface area contributed by atoms with Gasteiger partial charge in [0.25, 0.3) is 11.8 Å². The van der Waals surface area contributed by atoms with Crippen molar-refractivity contribution in [2.75, 3.05) is 11.9 Å². The minimum absolute atomic E-state index is 0.0219. The highest BCUT2D eigenvalue weighted by molar-refractivity contribution is 6.42. The molecule has 8 heteroatoms. The van der Waals surface area contributed by atoms with Gasteiger partial charge in [0.15, 0.2) is 0 Å². The van der Waals surface area contributed by atoms with Crippen LogP contribution in [0.25, 0.3) is 6.08 Å². The highest BCUT2D eigenvalue weighted by Crippen LogP contribution is 2.32. The molecule has 0 atom stereocenters. The summed E-state index contributed by atoms with van der Waals surface area (Å²) >= 11 is 12.0. The summed E-state index contributed by atoms with van der Waals surface area (Å²) < 4.78 is 0. The fraction of sp³-hybridized carbons (Fsp3) is 0.0833. The molecule has 32 heavy (non-hydrogen) atoms. The molecule has 4 rings (SSSR count). The molecule has 2 aromatic carbocycles. The van der Waals surface area contributed by atoms with Crippen LogP contribution in [-0.4, -0.2) is 29.6 Å². The van der Waals surface area contributed by atoms with E-state index in [1.165, 1.54) is 17.0 Å². The molecule has 160 valence electrons. The number of carbonyl (C=O) groups is 3. The van der Waals surface area contributed by atoms with Crippen LogP contribution in [0.15, 0.2) is 66.5 Å². The van der Waals surface area contributed by atoms with Gasteiger partial charge in [0, 0.05) is 37.1 Å². The van der Waals surface area contributed by atoms with Crippen molar-refractivity contribution in [3.8, 4) is 0 Å². The van der Waals surface area contributed by atoms with E-state index >= 15 is 0 Å². The lowest BCUT2D eigenvalue weighted by Gasteiger charge is -2.27. The molecular formula is C24H17Cl2N3O3. The lowest BCUT2D eigenvalue weighted by molar-refractivity contribution is -0.114. The lowest BCUT2D eigenvalue weighted by atomic mass is 9.92. The zero-order valence-corrected chi connectivity index (χ0v) is 18.4. The van der Waals surface area contributed by atoms with Crippen LogP contribution < -0.4 is 10.2 Å². The lowest BCUT2D eigenvalue weighted by Crippen LogP contribution is -2.37. The first-order valence-corrected chi connectivity index (χ1v) is 10.4. The summed E-state index contributed by atoms with van der Waals surface area (Å²) in [5.41, 5.74) is 2.43. The first-order valence-electron chi connectivity index (χ1n) is 9.66. The number of fused-ring (bicyclic) bond motifs is 1. The normalized spacial score (nSPS) is 14.5. The quantitative estimate of drug-likeness (QED) is 0.452. The fourth-order valence-corrected chi connectivity index (χ4v) is 3.67. The number of likely N-dealkylation sites (N-methyl/N-ethyl adjacent to an activating group) is 1. The molecule has 2 amide bonds. The molecule has 1 aliphatic rings. The number of nitrogens with zero attached hydrogens (tertiary/aromatic N) is 2. The average Bonchev–Trinajstić information content (AvgIpc) is 2.81. The molecule has 1 N–H and O–H groups in total. The zero-order chi connectivity index (χ0) is 22.8. The van der Waals surface area contributed by atoms with Gasteiger partial charge in [-0.25, -0.2) is 0 Å². The van der Waals surface area contributed by atoms with E-state index in [4.69, 9.17) is 23.2 Å². The van der Waals surface area contributed by atoms with Crippen molar-refractivity contribution in [3.63, 3.8) is 0 Å². The molecular weight excluding hydrogens is 449 g/mol. The Morgan fingerprint density at radius 1 is 1.09 bits per heavy atom. The number of carbonyl (C=O) groups excluding carboxylic acids is 3. The number of aromatic nitrogens is 1. The molecule has 0 radical (unpaired) electrons. The number of hydrogen-bond acceptors (Lipinski definition) is 4. The molecule has 0 bridgehead atoms. The van der Waals surface area contributed by atoms with E-state index in [-0.39, 0.29) is 17.0 Å². The highest BCUT2D eigenvalue weighted by atomic mass is 35.5. The molecule has 0 saturated carbocycles. The van der Waals surface area contributed by atoms with Crippen LogP contribution in [-0.2, 0) is 11.3 Å². The predicted octanol–water partition coefficient (Wildman–Crippen LogP) is 4.56. The van der Waals surface area contributed by atoms with Crippen molar-refractivity contribution < 1.29 is 14.4 Å². The largest absolute Gasteiger partial charge is 0.348 e. The second-order valence-corrected chi connectivity index (χ2v) is 8.02. The van der Waals surface area contributed by atoms with Crippen LogP contribution in [0.1, 0.15) is 31.8 Å². The third-order valence-corrected chi connectivity index (χ3v) is 5.81. The zero-order valence-electron chi connectivity index (χ0n) is 16.9. The predicted molar refractivity (Wildman–Crippen MR) is 124 cm³/mol. The van der Waals surface area contributed by atoms with Crippen LogP contribution in [0.4, 0.5) is 5.69 Å². The molecule has 1 aliphatic heterocycles. The van der Waals surface area contributed by atoms with Crippen molar-refractivity contribution in [1.29, 1.82) is 0 Å². The summed E-state index contributed by atoms with van der Waals surface area (Å²) in [6.07, 6.45) is 4.79. The summed E-state index contributed by atoms with van der Waals surface area (Å²) in [6.45, 7) is 0.304. The monoisotopic (exact) mass is 465 g/mol. The van der Waals surface area contributed by atoms with Crippen molar-refractivity contribution in [2.24, 2.45) is 0 Å². The van der Waals surface area contributed by atoms with Gasteiger partial charge >= 0.3 is 0 Å². The van der Waals surface area contributed by atoms with Gasteiger partial charge in [0.2, 0.25) is 5.78 Å². The summed E-state index contributed by atoms with van der Waals surface area (Å²) in [5, 5.41) is 3.50. The number of pyridine rings is 1. The molecule has 6 nitrogen and oxygen atoms in total. The van der Waals surface area contributed by atoms with E-state index in [9.17, 15) is 14.4 Å². The fourth-order valence-electron chi connectivity index (χ4n) is 3.37. The van der Waals surface area contributed by atoms with E-state index in [0.717, 1.165) is 5.56 Å². The van der Waals surface area contributed by atoms with E-state index in [1.54, 1.807) is 55.8 Å². The van der Waals surface area contributed by atoms with Gasteiger partial charge in [-0.2, -0.15) is 0 Å². The summed E-state index contributed by atoms with van der Waals surface area (Å²) in [7, 11) is 1.58. The highest BCUT2D eigenvalue weighted by Gasteiger charge is 2.33. The molecule has 0 unspecified atom stereocenters. The van der Waals surface area contributed by atoms with Crippen LogP contribution in [0, 0.1) is 0 Å². The minimum Gasteiger partial charge on any atom is -0.348 e. The molecule has 2 heterocycles. The van der Waals surface area contributed by atoms with Gasteiger partial charge < -0.3 is 10.2 Å². The van der Waals surface area contributed by atoms with Crippen LogP contribution in [0.5, 0.6) is 0 Å². The molecule has 0 spiro atoms. The van der Waals surface area contributed by atoms with Gasteiger partial charge in [-0.05, 0) is 53.6 Å². The number of hydrogen-bond donors (Lipinski definition) is 1. The van der Waals surface area contributed by atoms with Gasteiger partial charge in [0.1, 0.15) is 0 Å². The topological polar surface area (TPSA) is 79.4 Å². The maximum absolute atomic E-state index is 13.2. The van der Waals surface area contributed by atoms with E-state index in [0.29, 0.717) is 33.4 Å². The number of amides is 2. The van der Waals surface area contributed by atoms with Crippen molar-refractivity contribution in [1.82, 2.24) is 10.3 Å². The number of Topliss-reactive ketones (excluding diaryl/α,β-unsaturated/α-hetero) is 1. The van der Waals surface area contributed by atoms with Crippen molar-refractivity contribution in [2.45, 2.75) is 6.54 Å². The number of benzene rings is 2. The summed E-state index contributed by atoms with van der Waals surface area (Å²) in [6, 6.07) is 13.2. The van der Waals surface area contributed by atoms with Crippen LogP contribution in [0.3, 0.4) is 0 Å². The number of nitrogens with one attached hydrogen (secondary N) is 1. The summed E-state index contributed by atoms with van der Waals surface area (Å²) in [5.74, 6) is -1.24. The second kappa shape index (κ2) is 8.94. The molecule has 0 aliphatic carbocycles. The van der Waals surface area contributed by atoms with Crippen LogP contribution in [0.2, 0.25) is 10.0 Å². The molecule has 1 aromatic heterocycles. The Labute approximate surface area is 194 Å². The van der Waals surface area contributed by atoms with Gasteiger partial charge in [0.05, 0.1) is 21.3 Å². The number of rotatable bonds is 4. The average molecular weight is 466 g/mol. The maximum Gasteiger partial charge on any atom is 0.262 e. The van der Waals surface area contributed by atoms with E-state index in [1.807, 2.05) is 6.07 Å². The Hall–Kier alpha value is -3.48. The van der Waals surface area contributed by atoms with E-state index < -0.39 is 11.7 Å². The Morgan fingerprint density at radius 3 is 2.62 bits per heavy atom. The smallest absolute Gasteiger partial charge is 0.262 e. The van der Waals surface area contributed by atoms with Gasteiger partial charge in [-0.3, -0.25) is 19.4 Å². The third-order valence-electron chi connectivity index (χ3n) is 5.07. The maximum atomic E-state index is 13.2. The van der Waals surface area contributed by atoms with Crippen LogP contribution >= 0.6 is 23.2 Å². The Balaban J connectivity index is 1.64. The Kier molecular flexibility index (Phi) is 6.08. The first-order chi connectivity index (χ1) is 15.3. The summed E-state index contributed by atoms with van der Waals surface area (Å²) in [4.78, 5) is 44.0. The number of halogens is 2. The van der Waals surface area contributed by atoms with Crippen molar-refractivity contribution >= 4 is 52.6 Å². The number of anilines is 1.